The normalized spacial score (nSPS) is 10.7. The minimum Gasteiger partial charge on any atom is -0.313 e. The third-order valence-corrected chi connectivity index (χ3v) is 3.62. The molecule has 1 aromatic rings. The van der Waals surface area contributed by atoms with E-state index in [-0.39, 0.29) is 0 Å². The molecule has 0 amide bonds. The predicted molar refractivity (Wildman–Crippen MR) is 75.5 cm³/mol. The van der Waals surface area contributed by atoms with Gasteiger partial charge in [-0.15, -0.1) is 0 Å². The van der Waals surface area contributed by atoms with Gasteiger partial charge in [-0.2, -0.15) is 11.8 Å². The van der Waals surface area contributed by atoms with E-state index in [9.17, 15) is 0 Å². The standard InChI is InChI=1S/C13H20ClNS/c1-11-5-6-12(9-13(11)14)10-15-7-3-4-8-16-2/h5-6,9,15H,3-4,7-8,10H2,1-2H3. The maximum Gasteiger partial charge on any atom is 0.0438 e. The van der Waals surface area contributed by atoms with Gasteiger partial charge in [0, 0.05) is 11.6 Å². The Morgan fingerprint density at radius 3 is 2.81 bits per heavy atom. The average molecular weight is 258 g/mol. The molecule has 0 aliphatic rings. The van der Waals surface area contributed by atoms with Crippen LogP contribution in [-0.2, 0) is 6.54 Å². The van der Waals surface area contributed by atoms with Crippen molar-refractivity contribution in [3.63, 3.8) is 0 Å². The first-order valence-corrected chi connectivity index (χ1v) is 7.46. The Morgan fingerprint density at radius 2 is 2.12 bits per heavy atom. The monoisotopic (exact) mass is 257 g/mol. The zero-order valence-electron chi connectivity index (χ0n) is 10.1. The van der Waals surface area contributed by atoms with Crippen molar-refractivity contribution < 1.29 is 0 Å². The van der Waals surface area contributed by atoms with Crippen LogP contribution < -0.4 is 5.32 Å². The highest BCUT2D eigenvalue weighted by atomic mass is 35.5. The number of aryl methyl sites for hydroxylation is 1. The van der Waals surface area contributed by atoms with Gasteiger partial charge in [0.05, 0.1) is 0 Å². The average Bonchev–Trinajstić information content (AvgIpc) is 2.28. The van der Waals surface area contributed by atoms with E-state index < -0.39 is 0 Å². The summed E-state index contributed by atoms with van der Waals surface area (Å²) in [5.74, 6) is 1.26. The van der Waals surface area contributed by atoms with Crippen LogP contribution in [0.3, 0.4) is 0 Å². The van der Waals surface area contributed by atoms with Gasteiger partial charge in [-0.3, -0.25) is 0 Å². The van der Waals surface area contributed by atoms with E-state index in [1.807, 2.05) is 24.8 Å². The van der Waals surface area contributed by atoms with E-state index in [1.54, 1.807) is 0 Å². The highest BCUT2D eigenvalue weighted by molar-refractivity contribution is 7.98. The topological polar surface area (TPSA) is 12.0 Å². The first-order chi connectivity index (χ1) is 7.74. The SMILES string of the molecule is CSCCCCNCc1ccc(C)c(Cl)c1. The number of rotatable bonds is 7. The molecule has 0 spiro atoms. The molecule has 0 aliphatic heterocycles. The molecule has 0 atom stereocenters. The zero-order chi connectivity index (χ0) is 11.8. The Labute approximate surface area is 108 Å². The summed E-state index contributed by atoms with van der Waals surface area (Å²) in [4.78, 5) is 0. The van der Waals surface area contributed by atoms with Crippen LogP contribution in [0.15, 0.2) is 18.2 Å². The molecule has 0 saturated heterocycles. The molecule has 0 unspecified atom stereocenters. The molecule has 16 heavy (non-hydrogen) atoms. The quantitative estimate of drug-likeness (QED) is 0.744. The number of halogens is 1. The number of unbranched alkanes of at least 4 members (excludes halogenated alkanes) is 1. The Bertz CT molecular complexity index is 315. The van der Waals surface area contributed by atoms with Gasteiger partial charge < -0.3 is 5.32 Å². The van der Waals surface area contributed by atoms with Crippen molar-refractivity contribution in [2.75, 3.05) is 18.6 Å². The molecule has 0 heterocycles. The molecule has 1 rings (SSSR count). The Kier molecular flexibility index (Phi) is 6.93. The van der Waals surface area contributed by atoms with E-state index in [2.05, 4.69) is 23.7 Å². The van der Waals surface area contributed by atoms with Gasteiger partial charge in [0.25, 0.3) is 0 Å². The summed E-state index contributed by atoms with van der Waals surface area (Å²) in [5, 5.41) is 4.30. The van der Waals surface area contributed by atoms with E-state index in [1.165, 1.54) is 24.2 Å². The van der Waals surface area contributed by atoms with Crippen molar-refractivity contribution >= 4 is 23.4 Å². The molecule has 0 saturated carbocycles. The lowest BCUT2D eigenvalue weighted by Gasteiger charge is -2.06. The van der Waals surface area contributed by atoms with E-state index >= 15 is 0 Å². The van der Waals surface area contributed by atoms with Crippen LogP contribution in [-0.4, -0.2) is 18.6 Å². The molecule has 0 bridgehead atoms. The molecular formula is C13H20ClNS. The van der Waals surface area contributed by atoms with Gasteiger partial charge in [0.2, 0.25) is 0 Å². The maximum atomic E-state index is 6.06. The van der Waals surface area contributed by atoms with Crippen molar-refractivity contribution in [2.45, 2.75) is 26.3 Å². The third kappa shape index (κ3) is 5.24. The van der Waals surface area contributed by atoms with Crippen molar-refractivity contribution in [1.82, 2.24) is 5.32 Å². The number of benzene rings is 1. The Morgan fingerprint density at radius 1 is 1.31 bits per heavy atom. The van der Waals surface area contributed by atoms with Gasteiger partial charge in [-0.1, -0.05) is 23.7 Å². The van der Waals surface area contributed by atoms with Crippen LogP contribution in [0.1, 0.15) is 24.0 Å². The largest absolute Gasteiger partial charge is 0.313 e. The predicted octanol–water partition coefficient (Wildman–Crippen LogP) is 3.88. The molecule has 1 N–H and O–H groups in total. The molecule has 0 aromatic heterocycles. The maximum absolute atomic E-state index is 6.06. The second kappa shape index (κ2) is 7.99. The fourth-order valence-electron chi connectivity index (χ4n) is 1.48. The third-order valence-electron chi connectivity index (χ3n) is 2.52. The smallest absolute Gasteiger partial charge is 0.0438 e. The fraction of sp³-hybridized carbons (Fsp3) is 0.538. The lowest BCUT2D eigenvalue weighted by atomic mass is 10.1. The number of hydrogen-bond acceptors (Lipinski definition) is 2. The molecule has 1 aromatic carbocycles. The lowest BCUT2D eigenvalue weighted by molar-refractivity contribution is 0.644. The molecular weight excluding hydrogens is 238 g/mol. The second-order valence-corrected chi connectivity index (χ2v) is 5.35. The van der Waals surface area contributed by atoms with Gasteiger partial charge >= 0.3 is 0 Å². The van der Waals surface area contributed by atoms with Crippen molar-refractivity contribution in [3.8, 4) is 0 Å². The minimum absolute atomic E-state index is 0.863. The summed E-state index contributed by atoms with van der Waals surface area (Å²) >= 11 is 7.98. The molecule has 3 heteroatoms. The van der Waals surface area contributed by atoms with Crippen molar-refractivity contribution in [3.05, 3.63) is 34.3 Å². The van der Waals surface area contributed by atoms with Crippen molar-refractivity contribution in [1.29, 1.82) is 0 Å². The molecule has 90 valence electrons. The van der Waals surface area contributed by atoms with Crippen LogP contribution in [0.5, 0.6) is 0 Å². The van der Waals surface area contributed by atoms with E-state index in [0.29, 0.717) is 0 Å². The summed E-state index contributed by atoms with van der Waals surface area (Å²) < 4.78 is 0. The fourth-order valence-corrected chi connectivity index (χ4v) is 2.17. The summed E-state index contributed by atoms with van der Waals surface area (Å²) in [6.07, 6.45) is 4.70. The van der Waals surface area contributed by atoms with Crippen LogP contribution in [0.2, 0.25) is 5.02 Å². The van der Waals surface area contributed by atoms with Crippen LogP contribution >= 0.6 is 23.4 Å². The van der Waals surface area contributed by atoms with Gasteiger partial charge in [-0.25, -0.2) is 0 Å². The van der Waals surface area contributed by atoms with Gasteiger partial charge in [0.1, 0.15) is 0 Å². The molecule has 0 fully saturated rings. The first kappa shape index (κ1) is 13.9. The Hall–Kier alpha value is -0.180. The minimum atomic E-state index is 0.863. The van der Waals surface area contributed by atoms with Crippen LogP contribution in [0.4, 0.5) is 0 Å². The van der Waals surface area contributed by atoms with Gasteiger partial charge in [-0.05, 0) is 55.5 Å². The molecule has 0 radical (unpaired) electrons. The lowest BCUT2D eigenvalue weighted by Crippen LogP contribution is -2.14. The Balaban J connectivity index is 2.19. The summed E-state index contributed by atoms with van der Waals surface area (Å²) in [7, 11) is 0. The second-order valence-electron chi connectivity index (χ2n) is 3.96. The summed E-state index contributed by atoms with van der Waals surface area (Å²) in [6.45, 7) is 4.04. The number of thioether (sulfide) groups is 1. The van der Waals surface area contributed by atoms with Crippen LogP contribution in [0.25, 0.3) is 0 Å². The number of nitrogens with one attached hydrogen (secondary N) is 1. The highest BCUT2D eigenvalue weighted by Crippen LogP contribution is 2.16. The van der Waals surface area contributed by atoms with Crippen molar-refractivity contribution in [2.24, 2.45) is 0 Å². The molecule has 1 nitrogen and oxygen atoms in total. The van der Waals surface area contributed by atoms with E-state index in [0.717, 1.165) is 23.7 Å². The van der Waals surface area contributed by atoms with Gasteiger partial charge in [0.15, 0.2) is 0 Å². The van der Waals surface area contributed by atoms with E-state index in [4.69, 9.17) is 11.6 Å². The highest BCUT2D eigenvalue weighted by Gasteiger charge is 1.97. The summed E-state index contributed by atoms with van der Waals surface area (Å²) in [5.41, 5.74) is 2.41. The summed E-state index contributed by atoms with van der Waals surface area (Å²) in [6, 6.07) is 6.26. The molecule has 0 aliphatic carbocycles. The number of hydrogen-bond donors (Lipinski definition) is 1. The first-order valence-electron chi connectivity index (χ1n) is 5.68. The van der Waals surface area contributed by atoms with Crippen LogP contribution in [0, 0.1) is 6.92 Å². The zero-order valence-corrected chi connectivity index (χ0v) is 11.6.